The van der Waals surface area contributed by atoms with Crippen LogP contribution in [-0.4, -0.2) is 17.1 Å². The van der Waals surface area contributed by atoms with Gasteiger partial charge in [0.1, 0.15) is 5.82 Å². The number of nitrogens with one attached hydrogen (secondary N) is 1. The lowest BCUT2D eigenvalue weighted by Gasteiger charge is -2.38. The molecule has 1 aromatic rings. The van der Waals surface area contributed by atoms with Crippen molar-refractivity contribution in [2.24, 2.45) is 5.73 Å². The molecule has 0 aliphatic heterocycles. The van der Waals surface area contributed by atoms with Crippen LogP contribution in [0.25, 0.3) is 0 Å². The maximum absolute atomic E-state index is 12.7. The number of rotatable bonds is 3. The van der Waals surface area contributed by atoms with E-state index in [4.69, 9.17) is 5.73 Å². The first-order valence-corrected chi connectivity index (χ1v) is 5.46. The van der Waals surface area contributed by atoms with Gasteiger partial charge in [0.15, 0.2) is 0 Å². The van der Waals surface area contributed by atoms with Gasteiger partial charge >= 0.3 is 6.18 Å². The predicted molar refractivity (Wildman–Crippen MR) is 58.5 cm³/mol. The fourth-order valence-electron chi connectivity index (χ4n) is 1.84. The van der Waals surface area contributed by atoms with Gasteiger partial charge in [0.05, 0.1) is 5.56 Å². The van der Waals surface area contributed by atoms with Gasteiger partial charge in [0.2, 0.25) is 0 Å². The fourth-order valence-corrected chi connectivity index (χ4v) is 1.84. The van der Waals surface area contributed by atoms with Crippen LogP contribution in [0, 0.1) is 0 Å². The first-order valence-electron chi connectivity index (χ1n) is 5.46. The minimum Gasteiger partial charge on any atom is -0.368 e. The third-order valence-corrected chi connectivity index (χ3v) is 3.07. The first kappa shape index (κ1) is 12.2. The number of halogens is 3. The summed E-state index contributed by atoms with van der Waals surface area (Å²) in [7, 11) is 0. The molecule has 0 aromatic carbocycles. The molecular weight excluding hydrogens is 231 g/mol. The largest absolute Gasteiger partial charge is 0.419 e. The monoisotopic (exact) mass is 245 g/mol. The summed E-state index contributed by atoms with van der Waals surface area (Å²) >= 11 is 0. The highest BCUT2D eigenvalue weighted by Gasteiger charge is 2.36. The molecular formula is C11H14F3N3. The molecule has 0 spiro atoms. The van der Waals surface area contributed by atoms with Gasteiger partial charge in [-0.05, 0) is 31.4 Å². The SMILES string of the molecule is NC1(CNc2ncccc2C(F)(F)F)CCC1. The van der Waals surface area contributed by atoms with Crippen molar-refractivity contribution in [1.82, 2.24) is 4.98 Å². The lowest BCUT2D eigenvalue weighted by molar-refractivity contribution is -0.137. The molecule has 17 heavy (non-hydrogen) atoms. The summed E-state index contributed by atoms with van der Waals surface area (Å²) < 4.78 is 38.0. The second-order valence-electron chi connectivity index (χ2n) is 4.47. The highest BCUT2D eigenvalue weighted by atomic mass is 19.4. The van der Waals surface area contributed by atoms with Crippen molar-refractivity contribution in [2.75, 3.05) is 11.9 Å². The molecule has 1 aromatic heterocycles. The van der Waals surface area contributed by atoms with Crippen molar-refractivity contribution in [1.29, 1.82) is 0 Å². The minimum atomic E-state index is -4.39. The van der Waals surface area contributed by atoms with Crippen molar-refractivity contribution in [3.8, 4) is 0 Å². The van der Waals surface area contributed by atoms with E-state index in [2.05, 4.69) is 10.3 Å². The van der Waals surface area contributed by atoms with Gasteiger partial charge < -0.3 is 11.1 Å². The summed E-state index contributed by atoms with van der Waals surface area (Å²) in [5.74, 6) is -0.142. The zero-order valence-electron chi connectivity index (χ0n) is 9.22. The normalized spacial score (nSPS) is 18.6. The average Bonchev–Trinajstić information content (AvgIpc) is 2.23. The summed E-state index contributed by atoms with van der Waals surface area (Å²) in [6, 6.07) is 2.29. The van der Waals surface area contributed by atoms with Crippen molar-refractivity contribution >= 4 is 5.82 Å². The van der Waals surface area contributed by atoms with Crippen LogP contribution < -0.4 is 11.1 Å². The number of nitrogens with two attached hydrogens (primary N) is 1. The van der Waals surface area contributed by atoms with Gasteiger partial charge in [-0.3, -0.25) is 0 Å². The van der Waals surface area contributed by atoms with Crippen molar-refractivity contribution in [3.05, 3.63) is 23.9 Å². The van der Waals surface area contributed by atoms with Crippen molar-refractivity contribution in [3.63, 3.8) is 0 Å². The number of anilines is 1. The summed E-state index contributed by atoms with van der Waals surface area (Å²) in [5, 5.41) is 2.71. The molecule has 1 aliphatic rings. The molecule has 1 aliphatic carbocycles. The Morgan fingerprint density at radius 3 is 2.65 bits per heavy atom. The van der Waals surface area contributed by atoms with E-state index in [1.165, 1.54) is 12.3 Å². The Bertz CT molecular complexity index is 399. The smallest absolute Gasteiger partial charge is 0.368 e. The minimum absolute atomic E-state index is 0.142. The maximum Gasteiger partial charge on any atom is 0.419 e. The number of nitrogens with zero attached hydrogens (tertiary/aromatic N) is 1. The second-order valence-corrected chi connectivity index (χ2v) is 4.47. The Balaban J connectivity index is 2.10. The molecule has 1 fully saturated rings. The second kappa shape index (κ2) is 4.18. The first-order chi connectivity index (χ1) is 7.91. The highest BCUT2D eigenvalue weighted by Crippen LogP contribution is 2.34. The predicted octanol–water partition coefficient (Wildman–Crippen LogP) is 2.39. The van der Waals surface area contributed by atoms with E-state index in [1.807, 2.05) is 0 Å². The molecule has 3 N–H and O–H groups in total. The van der Waals surface area contributed by atoms with Gasteiger partial charge in [-0.1, -0.05) is 0 Å². The van der Waals surface area contributed by atoms with E-state index in [1.54, 1.807) is 0 Å². The lowest BCUT2D eigenvalue weighted by atomic mass is 9.78. The number of alkyl halides is 3. The van der Waals surface area contributed by atoms with Crippen LogP contribution in [0.15, 0.2) is 18.3 Å². The number of pyridine rings is 1. The molecule has 2 rings (SSSR count). The Morgan fingerprint density at radius 2 is 2.12 bits per heavy atom. The summed E-state index contributed by atoms with van der Waals surface area (Å²) in [4.78, 5) is 3.72. The molecule has 0 amide bonds. The molecule has 0 atom stereocenters. The lowest BCUT2D eigenvalue weighted by Crippen LogP contribution is -2.52. The van der Waals surface area contributed by atoms with E-state index < -0.39 is 11.7 Å². The molecule has 0 saturated heterocycles. The zero-order chi connectivity index (χ0) is 12.5. The Labute approximate surface area is 97.2 Å². The molecule has 0 radical (unpaired) electrons. The van der Waals surface area contributed by atoms with Crippen molar-refractivity contribution < 1.29 is 13.2 Å². The maximum atomic E-state index is 12.7. The Kier molecular flexibility index (Phi) is 2.99. The van der Waals surface area contributed by atoms with E-state index >= 15 is 0 Å². The van der Waals surface area contributed by atoms with E-state index in [-0.39, 0.29) is 11.4 Å². The fraction of sp³-hybridized carbons (Fsp3) is 0.545. The van der Waals surface area contributed by atoms with Crippen LogP contribution in [0.3, 0.4) is 0 Å². The molecule has 6 heteroatoms. The van der Waals surface area contributed by atoms with Gasteiger partial charge in [0, 0.05) is 18.3 Å². The van der Waals surface area contributed by atoms with E-state index in [0.717, 1.165) is 25.3 Å². The molecule has 3 nitrogen and oxygen atoms in total. The standard InChI is InChI=1S/C11H14F3N3/c12-11(13,14)8-3-1-6-16-9(8)17-7-10(15)4-2-5-10/h1,3,6H,2,4-5,7,15H2,(H,16,17). The van der Waals surface area contributed by atoms with Crippen LogP contribution >= 0.6 is 0 Å². The third kappa shape index (κ3) is 2.69. The van der Waals surface area contributed by atoms with Crippen LogP contribution in [0.5, 0.6) is 0 Å². The summed E-state index contributed by atoms with van der Waals surface area (Å²) in [5.41, 5.74) is 4.82. The van der Waals surface area contributed by atoms with E-state index in [0.29, 0.717) is 6.54 Å². The number of hydrogen-bond acceptors (Lipinski definition) is 3. The van der Waals surface area contributed by atoms with Gasteiger partial charge in [-0.15, -0.1) is 0 Å². The van der Waals surface area contributed by atoms with Crippen LogP contribution in [-0.2, 0) is 6.18 Å². The Morgan fingerprint density at radius 1 is 1.41 bits per heavy atom. The van der Waals surface area contributed by atoms with Crippen LogP contribution in [0.1, 0.15) is 24.8 Å². The highest BCUT2D eigenvalue weighted by molar-refractivity contribution is 5.46. The topological polar surface area (TPSA) is 50.9 Å². The summed E-state index contributed by atoms with van der Waals surface area (Å²) in [6.07, 6.45) is -0.339. The molecule has 1 heterocycles. The van der Waals surface area contributed by atoms with Gasteiger partial charge in [-0.25, -0.2) is 4.98 Å². The third-order valence-electron chi connectivity index (χ3n) is 3.07. The van der Waals surface area contributed by atoms with Crippen LogP contribution in [0.4, 0.5) is 19.0 Å². The van der Waals surface area contributed by atoms with Crippen molar-refractivity contribution in [2.45, 2.75) is 31.0 Å². The zero-order valence-corrected chi connectivity index (χ0v) is 9.22. The number of aromatic nitrogens is 1. The van der Waals surface area contributed by atoms with Gasteiger partial charge in [-0.2, -0.15) is 13.2 Å². The average molecular weight is 245 g/mol. The quantitative estimate of drug-likeness (QED) is 0.859. The molecule has 1 saturated carbocycles. The van der Waals surface area contributed by atoms with Gasteiger partial charge in [0.25, 0.3) is 0 Å². The summed E-state index contributed by atoms with van der Waals surface area (Å²) in [6.45, 7) is 0.326. The van der Waals surface area contributed by atoms with Crippen LogP contribution in [0.2, 0.25) is 0 Å². The van der Waals surface area contributed by atoms with E-state index in [9.17, 15) is 13.2 Å². The molecule has 0 bridgehead atoms. The molecule has 94 valence electrons. The number of hydrogen-bond donors (Lipinski definition) is 2. The Hall–Kier alpha value is -1.30. The molecule has 0 unspecified atom stereocenters.